The van der Waals surface area contributed by atoms with Gasteiger partial charge in [-0.05, 0) is 31.2 Å². The van der Waals surface area contributed by atoms with Gasteiger partial charge in [0, 0.05) is 11.8 Å². The van der Waals surface area contributed by atoms with Crippen molar-refractivity contribution in [1.29, 1.82) is 0 Å². The topological polar surface area (TPSA) is 106 Å². The number of nitro groups is 1. The number of rotatable bonds is 5. The zero-order valence-electron chi connectivity index (χ0n) is 12.5. The molecule has 0 aliphatic rings. The maximum Gasteiger partial charge on any atom is 0.306 e. The van der Waals surface area contributed by atoms with Crippen molar-refractivity contribution in [3.8, 4) is 0 Å². The van der Waals surface area contributed by atoms with Crippen LogP contribution in [-0.4, -0.2) is 25.0 Å². The number of sulfone groups is 1. The quantitative estimate of drug-likeness (QED) is 0.657. The van der Waals surface area contributed by atoms with Crippen LogP contribution in [0.3, 0.4) is 0 Å². The molecule has 0 radical (unpaired) electrons. The molecule has 126 valence electrons. The van der Waals surface area contributed by atoms with E-state index < -0.39 is 37.9 Å². The Bertz CT molecular complexity index is 895. The fourth-order valence-corrected chi connectivity index (χ4v) is 3.06. The summed E-state index contributed by atoms with van der Waals surface area (Å²) >= 11 is 0. The lowest BCUT2D eigenvalue weighted by atomic mass is 10.2. The van der Waals surface area contributed by atoms with Crippen LogP contribution in [0.15, 0.2) is 47.4 Å². The largest absolute Gasteiger partial charge is 0.325 e. The minimum atomic E-state index is -3.85. The molecule has 1 amide bonds. The van der Waals surface area contributed by atoms with Crippen LogP contribution >= 0.6 is 0 Å². The summed E-state index contributed by atoms with van der Waals surface area (Å²) in [5.74, 6) is -2.76. The van der Waals surface area contributed by atoms with Crippen LogP contribution in [0.5, 0.6) is 0 Å². The summed E-state index contributed by atoms with van der Waals surface area (Å²) in [5.41, 5.74) is -0.00146. The van der Waals surface area contributed by atoms with Gasteiger partial charge < -0.3 is 5.32 Å². The van der Waals surface area contributed by atoms with E-state index in [0.29, 0.717) is 0 Å². The number of benzene rings is 2. The van der Waals surface area contributed by atoms with Crippen molar-refractivity contribution >= 4 is 27.1 Å². The van der Waals surface area contributed by atoms with Gasteiger partial charge in [-0.3, -0.25) is 14.9 Å². The molecule has 0 aliphatic carbocycles. The van der Waals surface area contributed by atoms with Gasteiger partial charge in [-0.1, -0.05) is 17.7 Å². The van der Waals surface area contributed by atoms with Crippen molar-refractivity contribution in [2.75, 3.05) is 11.1 Å². The number of aryl methyl sites for hydroxylation is 1. The van der Waals surface area contributed by atoms with Gasteiger partial charge in [-0.25, -0.2) is 8.42 Å². The summed E-state index contributed by atoms with van der Waals surface area (Å²) < 4.78 is 37.5. The van der Waals surface area contributed by atoms with Crippen molar-refractivity contribution in [2.24, 2.45) is 0 Å². The highest BCUT2D eigenvalue weighted by atomic mass is 32.2. The highest BCUT2D eigenvalue weighted by Gasteiger charge is 2.20. The van der Waals surface area contributed by atoms with Crippen molar-refractivity contribution in [3.05, 3.63) is 64.0 Å². The first-order chi connectivity index (χ1) is 11.2. The molecule has 9 heteroatoms. The number of hydrogen-bond acceptors (Lipinski definition) is 5. The molecule has 0 heterocycles. The molecule has 0 atom stereocenters. The number of amides is 1. The van der Waals surface area contributed by atoms with Crippen LogP contribution in [0.1, 0.15) is 5.56 Å². The summed E-state index contributed by atoms with van der Waals surface area (Å²) in [6.07, 6.45) is 0. The van der Waals surface area contributed by atoms with E-state index in [1.807, 2.05) is 0 Å². The Morgan fingerprint density at radius 3 is 2.42 bits per heavy atom. The van der Waals surface area contributed by atoms with Gasteiger partial charge in [-0.2, -0.15) is 4.39 Å². The van der Waals surface area contributed by atoms with Crippen LogP contribution in [0.25, 0.3) is 0 Å². The molecular formula is C15H13FN2O5S. The maximum atomic E-state index is 13.2. The Morgan fingerprint density at radius 1 is 1.21 bits per heavy atom. The standard InChI is InChI=1S/C15H13FN2O5S/c1-10-2-5-12(6-3-10)24(22,23)9-15(19)17-11-4-7-13(16)14(8-11)18(20)21/h2-8H,9H2,1H3,(H,17,19). The lowest BCUT2D eigenvalue weighted by molar-refractivity contribution is -0.387. The minimum Gasteiger partial charge on any atom is -0.325 e. The number of anilines is 1. The van der Waals surface area contributed by atoms with Gasteiger partial charge in [-0.15, -0.1) is 0 Å². The van der Waals surface area contributed by atoms with E-state index in [4.69, 9.17) is 0 Å². The number of hydrogen-bond donors (Lipinski definition) is 1. The number of nitro benzene ring substituents is 1. The van der Waals surface area contributed by atoms with E-state index in [1.165, 1.54) is 12.1 Å². The summed E-state index contributed by atoms with van der Waals surface area (Å²) in [6, 6.07) is 8.75. The van der Waals surface area contributed by atoms with E-state index in [9.17, 15) is 27.7 Å². The molecule has 0 saturated carbocycles. The van der Waals surface area contributed by atoms with Crippen molar-refractivity contribution in [2.45, 2.75) is 11.8 Å². The highest BCUT2D eigenvalue weighted by molar-refractivity contribution is 7.92. The molecule has 0 fully saturated rings. The molecule has 0 saturated heterocycles. The van der Waals surface area contributed by atoms with Crippen LogP contribution in [0, 0.1) is 22.9 Å². The number of halogens is 1. The number of carbonyl (C=O) groups excluding carboxylic acids is 1. The number of nitrogens with one attached hydrogen (secondary N) is 1. The normalized spacial score (nSPS) is 11.1. The monoisotopic (exact) mass is 352 g/mol. The van der Waals surface area contributed by atoms with Crippen molar-refractivity contribution < 1.29 is 22.5 Å². The average molecular weight is 352 g/mol. The van der Waals surface area contributed by atoms with Gasteiger partial charge in [0.05, 0.1) is 9.82 Å². The molecule has 0 spiro atoms. The molecule has 0 bridgehead atoms. The van der Waals surface area contributed by atoms with Crippen molar-refractivity contribution in [1.82, 2.24) is 0 Å². The molecule has 2 aromatic carbocycles. The fraction of sp³-hybridized carbons (Fsp3) is 0.133. The molecule has 1 N–H and O–H groups in total. The Hall–Kier alpha value is -2.81. The second-order valence-corrected chi connectivity index (χ2v) is 7.03. The van der Waals surface area contributed by atoms with Gasteiger partial charge in [0.1, 0.15) is 5.75 Å². The van der Waals surface area contributed by atoms with E-state index in [-0.39, 0.29) is 10.6 Å². The molecule has 2 rings (SSSR count). The lowest BCUT2D eigenvalue weighted by Crippen LogP contribution is -2.23. The van der Waals surface area contributed by atoms with Gasteiger partial charge in [0.15, 0.2) is 9.84 Å². The Morgan fingerprint density at radius 2 is 1.83 bits per heavy atom. The average Bonchev–Trinajstić information content (AvgIpc) is 2.48. The molecular weight excluding hydrogens is 339 g/mol. The molecule has 0 unspecified atom stereocenters. The Balaban J connectivity index is 2.14. The van der Waals surface area contributed by atoms with E-state index >= 15 is 0 Å². The van der Waals surface area contributed by atoms with E-state index in [0.717, 1.165) is 23.8 Å². The maximum absolute atomic E-state index is 13.2. The highest BCUT2D eigenvalue weighted by Crippen LogP contribution is 2.22. The zero-order valence-corrected chi connectivity index (χ0v) is 13.3. The predicted octanol–water partition coefficient (Wildman–Crippen LogP) is 2.45. The van der Waals surface area contributed by atoms with Crippen LogP contribution in [-0.2, 0) is 14.6 Å². The van der Waals surface area contributed by atoms with Gasteiger partial charge in [0.2, 0.25) is 11.7 Å². The fourth-order valence-electron chi connectivity index (χ4n) is 1.93. The number of nitrogens with zero attached hydrogens (tertiary/aromatic N) is 1. The van der Waals surface area contributed by atoms with E-state index in [1.54, 1.807) is 19.1 Å². The third-order valence-electron chi connectivity index (χ3n) is 3.13. The molecule has 24 heavy (non-hydrogen) atoms. The zero-order chi connectivity index (χ0) is 17.9. The van der Waals surface area contributed by atoms with Gasteiger partial charge >= 0.3 is 5.69 Å². The predicted molar refractivity (Wildman–Crippen MR) is 84.9 cm³/mol. The van der Waals surface area contributed by atoms with Crippen LogP contribution < -0.4 is 5.32 Å². The second kappa shape index (κ2) is 6.75. The third-order valence-corrected chi connectivity index (χ3v) is 4.76. The first-order valence-electron chi connectivity index (χ1n) is 6.72. The first-order valence-corrected chi connectivity index (χ1v) is 8.37. The summed E-state index contributed by atoms with van der Waals surface area (Å²) in [6.45, 7) is 1.80. The van der Waals surface area contributed by atoms with E-state index in [2.05, 4.69) is 5.32 Å². The van der Waals surface area contributed by atoms with Crippen LogP contribution in [0.2, 0.25) is 0 Å². The van der Waals surface area contributed by atoms with Crippen LogP contribution in [0.4, 0.5) is 15.8 Å². The summed E-state index contributed by atoms with van der Waals surface area (Å²) in [5, 5.41) is 12.9. The Labute approximate surface area is 137 Å². The smallest absolute Gasteiger partial charge is 0.306 e. The minimum absolute atomic E-state index is 0.00617. The second-order valence-electron chi connectivity index (χ2n) is 5.04. The molecule has 0 aliphatic heterocycles. The molecule has 2 aromatic rings. The molecule has 7 nitrogen and oxygen atoms in total. The summed E-state index contributed by atoms with van der Waals surface area (Å²) in [4.78, 5) is 21.6. The lowest BCUT2D eigenvalue weighted by Gasteiger charge is -2.07. The number of carbonyl (C=O) groups is 1. The SMILES string of the molecule is Cc1ccc(S(=O)(=O)CC(=O)Nc2ccc(F)c([N+](=O)[O-])c2)cc1. The summed E-state index contributed by atoms with van der Waals surface area (Å²) in [7, 11) is -3.85. The molecule has 0 aromatic heterocycles. The first kappa shape index (κ1) is 17.5. The third kappa shape index (κ3) is 4.13. The van der Waals surface area contributed by atoms with Crippen molar-refractivity contribution in [3.63, 3.8) is 0 Å². The Kier molecular flexibility index (Phi) is 4.93. The van der Waals surface area contributed by atoms with Gasteiger partial charge in [0.25, 0.3) is 0 Å².